The van der Waals surface area contributed by atoms with Crippen LogP contribution >= 0.6 is 0 Å². The number of β-amino-alcohol motifs (C(OH)–C–C–N with tert-alkyl or cyclic N) is 1. The van der Waals surface area contributed by atoms with Crippen LogP contribution in [0.25, 0.3) is 0 Å². The quantitative estimate of drug-likeness (QED) is 0.471. The van der Waals surface area contributed by atoms with E-state index in [1.165, 1.54) is 24.8 Å². The summed E-state index contributed by atoms with van der Waals surface area (Å²) in [5.41, 5.74) is 0.346. The zero-order valence-electron chi connectivity index (χ0n) is 27.5. The van der Waals surface area contributed by atoms with Gasteiger partial charge in [0.2, 0.25) is 5.91 Å². The van der Waals surface area contributed by atoms with E-state index in [4.69, 9.17) is 0 Å². The molecule has 42 heavy (non-hydrogen) atoms. The van der Waals surface area contributed by atoms with Crippen molar-refractivity contribution in [3.8, 4) is 0 Å². The summed E-state index contributed by atoms with van der Waals surface area (Å²) in [4.78, 5) is 33.2. The molecule has 2 N–H and O–H groups in total. The second kappa shape index (κ2) is 10.1. The fourth-order valence-corrected chi connectivity index (χ4v) is 12.3. The van der Waals surface area contributed by atoms with Crippen LogP contribution in [0.4, 0.5) is 0 Å². The van der Waals surface area contributed by atoms with Crippen LogP contribution in [0.15, 0.2) is 11.6 Å². The molecule has 1 saturated heterocycles. The van der Waals surface area contributed by atoms with Gasteiger partial charge >= 0.3 is 0 Å². The summed E-state index contributed by atoms with van der Waals surface area (Å²) in [5, 5.41) is 21.0. The molecule has 6 heteroatoms. The molecular formula is C36H58N2O4. The van der Waals surface area contributed by atoms with E-state index in [-0.39, 0.29) is 46.0 Å². The highest BCUT2D eigenvalue weighted by atomic mass is 16.3. The van der Waals surface area contributed by atoms with E-state index in [1.54, 1.807) is 0 Å². The fraction of sp³-hybridized carbons (Fsp3) is 0.889. The maximum Gasteiger partial charge on any atom is 0.231 e. The molecule has 0 aromatic carbocycles. The fourth-order valence-electron chi connectivity index (χ4n) is 12.3. The minimum Gasteiger partial charge on any atom is -0.395 e. The molecule has 236 valence electrons. The van der Waals surface area contributed by atoms with Gasteiger partial charge in [-0.1, -0.05) is 47.1 Å². The largest absolute Gasteiger partial charge is 0.395 e. The number of rotatable bonds is 3. The molecule has 0 aromatic heterocycles. The molecule has 6 aliphatic rings. The van der Waals surface area contributed by atoms with Gasteiger partial charge in [0.1, 0.15) is 0 Å². The van der Waals surface area contributed by atoms with Crippen molar-refractivity contribution >= 4 is 11.7 Å². The summed E-state index contributed by atoms with van der Waals surface area (Å²) in [6.45, 7) is 20.2. The van der Waals surface area contributed by atoms with Gasteiger partial charge in [0.25, 0.3) is 0 Å². The first kappa shape index (κ1) is 30.8. The van der Waals surface area contributed by atoms with Crippen LogP contribution in [0.2, 0.25) is 0 Å². The predicted octanol–water partition coefficient (Wildman–Crippen LogP) is 5.32. The van der Waals surface area contributed by atoms with Crippen molar-refractivity contribution in [3.05, 3.63) is 11.6 Å². The average Bonchev–Trinajstić information content (AvgIpc) is 2.94. The van der Waals surface area contributed by atoms with Gasteiger partial charge in [-0.05, 0) is 110 Å². The number of ketones is 1. The van der Waals surface area contributed by atoms with Crippen LogP contribution in [0.5, 0.6) is 0 Å². The lowest BCUT2D eigenvalue weighted by Crippen LogP contribution is -2.69. The highest BCUT2D eigenvalue weighted by Crippen LogP contribution is 2.75. The van der Waals surface area contributed by atoms with Crippen LogP contribution in [0.3, 0.4) is 0 Å². The van der Waals surface area contributed by atoms with Crippen LogP contribution in [0.1, 0.15) is 99.8 Å². The summed E-state index contributed by atoms with van der Waals surface area (Å²) >= 11 is 0. The molecule has 0 radical (unpaired) electrons. The Kier molecular flexibility index (Phi) is 7.43. The van der Waals surface area contributed by atoms with E-state index in [0.29, 0.717) is 49.6 Å². The lowest BCUT2D eigenvalue weighted by molar-refractivity contribution is -0.212. The normalized spacial score (nSPS) is 51.1. The first-order valence-electron chi connectivity index (χ1n) is 17.2. The van der Waals surface area contributed by atoms with Gasteiger partial charge < -0.3 is 15.1 Å². The molecule has 5 fully saturated rings. The maximum absolute atomic E-state index is 14.7. The molecule has 0 bridgehead atoms. The van der Waals surface area contributed by atoms with Gasteiger partial charge in [-0.15, -0.1) is 0 Å². The molecule has 0 aromatic rings. The van der Waals surface area contributed by atoms with Crippen molar-refractivity contribution < 1.29 is 19.8 Å². The van der Waals surface area contributed by atoms with Gasteiger partial charge in [0, 0.05) is 38.6 Å². The maximum atomic E-state index is 14.7. The Hall–Kier alpha value is -1.24. The van der Waals surface area contributed by atoms with Crippen LogP contribution in [-0.2, 0) is 9.59 Å². The number of aliphatic hydroxyl groups excluding tert-OH is 2. The third kappa shape index (κ3) is 3.99. The molecule has 1 heterocycles. The minimum absolute atomic E-state index is 0.0193. The molecule has 1 aliphatic heterocycles. The topological polar surface area (TPSA) is 81.1 Å². The van der Waals surface area contributed by atoms with Gasteiger partial charge in [0.05, 0.1) is 18.1 Å². The Morgan fingerprint density at radius 1 is 0.929 bits per heavy atom. The Morgan fingerprint density at radius 2 is 1.62 bits per heavy atom. The Morgan fingerprint density at radius 3 is 2.29 bits per heavy atom. The second-order valence-corrected chi connectivity index (χ2v) is 17.0. The molecule has 3 unspecified atom stereocenters. The van der Waals surface area contributed by atoms with Crippen molar-refractivity contribution in [3.63, 3.8) is 0 Å². The standard InChI is InChI=1S/C36H58N2O4/c1-23-8-11-32(3)14-15-34(5)25(29(32)24(23)2)22-26(40)30-33(4)12-10-28(41)36(7,27(33)9-13-35(30,34)6)31(42)38-18-16-37(17-19-38)20-21-39/h22-24,27-30,39,41H,8-21H2,1-7H3/t23-,24+,27?,28-,29?,30?,32-,33+,34-,35-,36-/m1/s1. The number of carbonyl (C=O) groups excluding carboxylic acids is 2. The van der Waals surface area contributed by atoms with Crippen molar-refractivity contribution in [2.24, 2.45) is 56.7 Å². The number of nitrogens with zero attached hydrogens (tertiary/aromatic N) is 2. The number of hydrogen-bond acceptors (Lipinski definition) is 5. The van der Waals surface area contributed by atoms with E-state index in [2.05, 4.69) is 52.5 Å². The van der Waals surface area contributed by atoms with Gasteiger partial charge in [-0.25, -0.2) is 0 Å². The SMILES string of the molecule is C[C@@H]1CC[C@]2(C)CC[C@]3(C)C(=CC(=O)C4[C@@]5(C)CC[C@@H](O)[C@](C)(C(=O)N6CCN(CCO)CC6)C5CC[C@]43C)C2[C@H]1C. The molecule has 4 saturated carbocycles. The molecule has 11 atom stereocenters. The third-order valence-corrected chi connectivity index (χ3v) is 15.3. The van der Waals surface area contributed by atoms with Gasteiger partial charge in [-0.2, -0.15) is 0 Å². The molecule has 6 nitrogen and oxygen atoms in total. The van der Waals surface area contributed by atoms with Crippen molar-refractivity contribution in [2.75, 3.05) is 39.3 Å². The highest BCUT2D eigenvalue weighted by molar-refractivity contribution is 5.96. The number of amides is 1. The molecule has 1 amide bonds. The molecule has 6 rings (SSSR count). The summed E-state index contributed by atoms with van der Waals surface area (Å²) in [7, 11) is 0. The molecular weight excluding hydrogens is 524 g/mol. The van der Waals surface area contributed by atoms with Crippen molar-refractivity contribution in [1.29, 1.82) is 0 Å². The first-order chi connectivity index (χ1) is 19.7. The van der Waals surface area contributed by atoms with Gasteiger partial charge in [-0.3, -0.25) is 14.5 Å². The number of hydrogen-bond donors (Lipinski definition) is 2. The monoisotopic (exact) mass is 582 g/mol. The average molecular weight is 583 g/mol. The summed E-state index contributed by atoms with van der Waals surface area (Å²) < 4.78 is 0. The first-order valence-corrected chi connectivity index (χ1v) is 17.2. The van der Waals surface area contributed by atoms with E-state index in [9.17, 15) is 19.8 Å². The van der Waals surface area contributed by atoms with Crippen LogP contribution in [0, 0.1) is 56.7 Å². The smallest absolute Gasteiger partial charge is 0.231 e. The number of aliphatic hydroxyl groups is 2. The van der Waals surface area contributed by atoms with Gasteiger partial charge in [0.15, 0.2) is 5.78 Å². The van der Waals surface area contributed by atoms with Crippen LogP contribution in [-0.4, -0.2) is 77.1 Å². The molecule has 5 aliphatic carbocycles. The van der Waals surface area contributed by atoms with E-state index < -0.39 is 11.5 Å². The van der Waals surface area contributed by atoms with Crippen molar-refractivity contribution in [1.82, 2.24) is 9.80 Å². The third-order valence-electron chi connectivity index (χ3n) is 15.3. The zero-order valence-corrected chi connectivity index (χ0v) is 27.5. The van der Waals surface area contributed by atoms with Crippen LogP contribution < -0.4 is 0 Å². The number of carbonyl (C=O) groups is 2. The zero-order chi connectivity index (χ0) is 30.5. The minimum atomic E-state index is -0.892. The van der Waals surface area contributed by atoms with Crippen molar-refractivity contribution in [2.45, 2.75) is 106 Å². The lowest BCUT2D eigenvalue weighted by atomic mass is 9.33. The number of piperazine rings is 1. The number of fused-ring (bicyclic) bond motifs is 7. The summed E-state index contributed by atoms with van der Waals surface area (Å²) in [6.07, 6.45) is 9.57. The Bertz CT molecular complexity index is 1150. The Labute approximate surface area is 254 Å². The van der Waals surface area contributed by atoms with E-state index >= 15 is 0 Å². The Balaban J connectivity index is 1.36. The number of allylic oxidation sites excluding steroid dienone is 2. The highest BCUT2D eigenvalue weighted by Gasteiger charge is 2.71. The van der Waals surface area contributed by atoms with E-state index in [1.807, 2.05) is 11.8 Å². The predicted molar refractivity (Wildman–Crippen MR) is 165 cm³/mol. The lowest BCUT2D eigenvalue weighted by Gasteiger charge is -2.70. The van der Waals surface area contributed by atoms with E-state index in [0.717, 1.165) is 38.8 Å². The summed E-state index contributed by atoms with van der Waals surface area (Å²) in [5.74, 6) is 1.95. The summed E-state index contributed by atoms with van der Waals surface area (Å²) in [6, 6.07) is 0. The second-order valence-electron chi connectivity index (χ2n) is 17.0. The molecule has 0 spiro atoms.